The molecule has 0 unspecified atom stereocenters. The first-order valence-electron chi connectivity index (χ1n) is 7.89. The number of aromatic nitrogens is 4. The molecule has 1 amide bonds. The van der Waals surface area contributed by atoms with Crippen LogP contribution in [-0.4, -0.2) is 62.2 Å². The number of amides is 1. The minimum Gasteiger partial charge on any atom is -0.361 e. The largest absolute Gasteiger partial charge is 0.361 e. The van der Waals surface area contributed by atoms with Crippen LogP contribution in [0.25, 0.3) is 0 Å². The summed E-state index contributed by atoms with van der Waals surface area (Å²) in [7, 11) is 0. The van der Waals surface area contributed by atoms with Gasteiger partial charge in [0, 0.05) is 38.2 Å². The monoisotopic (exact) mass is 318 g/mol. The molecule has 0 aromatic carbocycles. The van der Waals surface area contributed by atoms with E-state index in [2.05, 4.69) is 25.2 Å². The number of carbonyl (C=O) groups is 1. The van der Waals surface area contributed by atoms with Crippen molar-refractivity contribution >= 4 is 5.91 Å². The Labute approximate surface area is 134 Å². The number of carbonyl (C=O) groups excluding carboxylic acids is 1. The van der Waals surface area contributed by atoms with Crippen molar-refractivity contribution in [2.75, 3.05) is 26.2 Å². The molecule has 0 bridgehead atoms. The van der Waals surface area contributed by atoms with Gasteiger partial charge in [0.1, 0.15) is 17.9 Å². The third-order valence-corrected chi connectivity index (χ3v) is 4.33. The van der Waals surface area contributed by atoms with E-state index in [0.29, 0.717) is 12.8 Å². The third-order valence-electron chi connectivity index (χ3n) is 4.33. The molecule has 3 heterocycles. The lowest BCUT2D eigenvalue weighted by atomic mass is 10.1. The maximum absolute atomic E-state index is 12.4. The summed E-state index contributed by atoms with van der Waals surface area (Å²) in [6.45, 7) is 7.79. The van der Waals surface area contributed by atoms with E-state index in [1.54, 1.807) is 0 Å². The summed E-state index contributed by atoms with van der Waals surface area (Å²) in [5.74, 6) is 1.87. The van der Waals surface area contributed by atoms with Gasteiger partial charge in [0.15, 0.2) is 0 Å². The van der Waals surface area contributed by atoms with Crippen LogP contribution < -0.4 is 0 Å². The molecule has 3 rings (SSSR count). The van der Waals surface area contributed by atoms with Gasteiger partial charge in [-0.1, -0.05) is 5.16 Å². The molecule has 1 fully saturated rings. The summed E-state index contributed by atoms with van der Waals surface area (Å²) in [6.07, 6.45) is 2.72. The van der Waals surface area contributed by atoms with E-state index in [1.165, 1.54) is 6.33 Å². The summed E-state index contributed by atoms with van der Waals surface area (Å²) < 4.78 is 5.14. The van der Waals surface area contributed by atoms with Crippen molar-refractivity contribution in [3.8, 4) is 0 Å². The Hall–Kier alpha value is -2.22. The zero-order valence-corrected chi connectivity index (χ0v) is 13.6. The molecule has 124 valence electrons. The molecular formula is C15H22N6O2. The van der Waals surface area contributed by atoms with Crippen LogP contribution in [0.1, 0.15) is 29.3 Å². The molecule has 2 aromatic rings. The Balaban J connectivity index is 1.45. The van der Waals surface area contributed by atoms with Crippen molar-refractivity contribution in [3.63, 3.8) is 0 Å². The minimum atomic E-state index is 0.198. The fraction of sp³-hybridized carbons (Fsp3) is 0.600. The molecule has 1 aliphatic rings. The number of H-pyrrole nitrogens is 1. The van der Waals surface area contributed by atoms with Crippen molar-refractivity contribution in [2.45, 2.75) is 33.2 Å². The van der Waals surface area contributed by atoms with Gasteiger partial charge < -0.3 is 9.42 Å². The van der Waals surface area contributed by atoms with Crippen LogP contribution >= 0.6 is 0 Å². The molecule has 0 atom stereocenters. The van der Waals surface area contributed by atoms with Crippen molar-refractivity contribution in [2.24, 2.45) is 0 Å². The van der Waals surface area contributed by atoms with Crippen molar-refractivity contribution in [1.29, 1.82) is 0 Å². The van der Waals surface area contributed by atoms with Gasteiger partial charge in [0.05, 0.1) is 12.2 Å². The first kappa shape index (κ1) is 15.7. The number of hydrogen-bond donors (Lipinski definition) is 1. The van der Waals surface area contributed by atoms with Gasteiger partial charge in [-0.15, -0.1) is 0 Å². The lowest BCUT2D eigenvalue weighted by Gasteiger charge is -2.34. The molecule has 8 nitrogen and oxygen atoms in total. The summed E-state index contributed by atoms with van der Waals surface area (Å²) in [4.78, 5) is 20.7. The van der Waals surface area contributed by atoms with E-state index in [4.69, 9.17) is 4.52 Å². The van der Waals surface area contributed by atoms with Crippen molar-refractivity contribution < 1.29 is 9.32 Å². The number of nitrogens with zero attached hydrogens (tertiary/aromatic N) is 5. The van der Waals surface area contributed by atoms with Crippen LogP contribution in [0.5, 0.6) is 0 Å². The SMILES string of the molecule is Cc1noc(C)c1CCC(=O)N1CCN(Cc2ncn[nH]2)CC1. The summed E-state index contributed by atoms with van der Waals surface area (Å²) in [5, 5.41) is 10.7. The average molecular weight is 318 g/mol. The van der Waals surface area contributed by atoms with Crippen molar-refractivity contribution in [1.82, 2.24) is 30.1 Å². The molecule has 0 spiro atoms. The van der Waals surface area contributed by atoms with Gasteiger partial charge in [-0.2, -0.15) is 5.10 Å². The van der Waals surface area contributed by atoms with Crippen LogP contribution in [-0.2, 0) is 17.8 Å². The molecule has 0 saturated carbocycles. The standard InChI is InChI=1S/C15H22N6O2/c1-11-13(12(2)23-19-11)3-4-15(22)21-7-5-20(6-8-21)9-14-16-10-17-18-14/h10H,3-9H2,1-2H3,(H,16,17,18). The summed E-state index contributed by atoms with van der Waals surface area (Å²) >= 11 is 0. The Kier molecular flexibility index (Phi) is 4.71. The zero-order chi connectivity index (χ0) is 16.2. The van der Waals surface area contributed by atoms with Crippen LogP contribution in [0, 0.1) is 13.8 Å². The minimum absolute atomic E-state index is 0.198. The smallest absolute Gasteiger partial charge is 0.222 e. The highest BCUT2D eigenvalue weighted by Gasteiger charge is 2.22. The second-order valence-electron chi connectivity index (χ2n) is 5.89. The lowest BCUT2D eigenvalue weighted by molar-refractivity contribution is -0.133. The van der Waals surface area contributed by atoms with Gasteiger partial charge in [0.25, 0.3) is 0 Å². The summed E-state index contributed by atoms with van der Waals surface area (Å²) in [6, 6.07) is 0. The molecule has 8 heteroatoms. The molecule has 2 aromatic heterocycles. The predicted molar refractivity (Wildman–Crippen MR) is 82.5 cm³/mol. The number of aromatic amines is 1. The third kappa shape index (κ3) is 3.76. The van der Waals surface area contributed by atoms with E-state index in [-0.39, 0.29) is 5.91 Å². The van der Waals surface area contributed by atoms with Crippen LogP contribution in [0.2, 0.25) is 0 Å². The Morgan fingerprint density at radius 2 is 2.09 bits per heavy atom. The topological polar surface area (TPSA) is 91.2 Å². The number of aryl methyl sites for hydroxylation is 2. The normalized spacial score (nSPS) is 16.0. The first-order chi connectivity index (χ1) is 11.1. The molecular weight excluding hydrogens is 296 g/mol. The van der Waals surface area contributed by atoms with E-state index >= 15 is 0 Å². The summed E-state index contributed by atoms with van der Waals surface area (Å²) in [5.41, 5.74) is 1.94. The molecule has 0 aliphatic carbocycles. The number of nitrogens with one attached hydrogen (secondary N) is 1. The number of rotatable bonds is 5. The Bertz CT molecular complexity index is 623. The molecule has 1 N–H and O–H groups in total. The fourth-order valence-corrected chi connectivity index (χ4v) is 2.92. The van der Waals surface area contributed by atoms with Crippen molar-refractivity contribution in [3.05, 3.63) is 29.2 Å². The molecule has 1 aliphatic heterocycles. The molecule has 1 saturated heterocycles. The molecule has 0 radical (unpaired) electrons. The number of hydrogen-bond acceptors (Lipinski definition) is 6. The second-order valence-corrected chi connectivity index (χ2v) is 5.89. The van der Waals surface area contributed by atoms with E-state index < -0.39 is 0 Å². The lowest BCUT2D eigenvalue weighted by Crippen LogP contribution is -2.48. The predicted octanol–water partition coefficient (Wildman–Crippen LogP) is 0.687. The fourth-order valence-electron chi connectivity index (χ4n) is 2.92. The van der Waals surface area contributed by atoms with E-state index in [9.17, 15) is 4.79 Å². The highest BCUT2D eigenvalue weighted by molar-refractivity contribution is 5.76. The van der Waals surface area contributed by atoms with Crippen LogP contribution in [0.4, 0.5) is 0 Å². The van der Waals surface area contributed by atoms with E-state index in [1.807, 2.05) is 18.7 Å². The highest BCUT2D eigenvalue weighted by atomic mass is 16.5. The maximum Gasteiger partial charge on any atom is 0.222 e. The highest BCUT2D eigenvalue weighted by Crippen LogP contribution is 2.15. The van der Waals surface area contributed by atoms with Crippen LogP contribution in [0.15, 0.2) is 10.9 Å². The maximum atomic E-state index is 12.4. The van der Waals surface area contributed by atoms with Crippen LogP contribution in [0.3, 0.4) is 0 Å². The Morgan fingerprint density at radius 1 is 1.30 bits per heavy atom. The quantitative estimate of drug-likeness (QED) is 0.872. The van der Waals surface area contributed by atoms with Gasteiger partial charge in [-0.25, -0.2) is 4.98 Å². The van der Waals surface area contributed by atoms with Gasteiger partial charge in [-0.05, 0) is 20.3 Å². The van der Waals surface area contributed by atoms with Gasteiger partial charge in [0.2, 0.25) is 5.91 Å². The molecule has 23 heavy (non-hydrogen) atoms. The number of piperazine rings is 1. The second kappa shape index (κ2) is 6.91. The first-order valence-corrected chi connectivity index (χ1v) is 7.89. The van der Waals surface area contributed by atoms with Gasteiger partial charge in [-0.3, -0.25) is 14.8 Å². The Morgan fingerprint density at radius 3 is 2.70 bits per heavy atom. The van der Waals surface area contributed by atoms with Gasteiger partial charge >= 0.3 is 0 Å². The zero-order valence-electron chi connectivity index (χ0n) is 13.6. The van der Waals surface area contributed by atoms with E-state index in [0.717, 1.165) is 55.6 Å². The average Bonchev–Trinajstić information content (AvgIpc) is 3.17.